The second-order valence-corrected chi connectivity index (χ2v) is 24.1. The molecule has 0 N–H and O–H groups in total. The molecule has 0 amide bonds. The van der Waals surface area contributed by atoms with Crippen LogP contribution in [-0.2, 0) is 28.6 Å². The summed E-state index contributed by atoms with van der Waals surface area (Å²) in [5.74, 6) is -0.932. The number of esters is 3. The Labute approximate surface area is 510 Å². The van der Waals surface area contributed by atoms with E-state index in [-0.39, 0.29) is 37.5 Å². The number of unbranched alkanes of at least 4 members (excludes halogenated alkanes) is 43. The lowest BCUT2D eigenvalue weighted by Crippen LogP contribution is -2.30. The molecule has 0 heterocycles. The minimum Gasteiger partial charge on any atom is -0.462 e. The van der Waals surface area contributed by atoms with Crippen LogP contribution in [-0.4, -0.2) is 37.2 Å². The van der Waals surface area contributed by atoms with Gasteiger partial charge >= 0.3 is 17.9 Å². The highest BCUT2D eigenvalue weighted by Gasteiger charge is 2.19. The quantitative estimate of drug-likeness (QED) is 0.0261. The molecule has 0 aliphatic rings. The van der Waals surface area contributed by atoms with E-state index in [1.54, 1.807) is 0 Å². The molecule has 0 aliphatic carbocycles. The van der Waals surface area contributed by atoms with E-state index in [2.05, 4.69) is 93.7 Å². The van der Waals surface area contributed by atoms with Gasteiger partial charge in [0.1, 0.15) is 13.2 Å². The molecule has 0 spiro atoms. The average Bonchev–Trinajstić information content (AvgIpc) is 3.47. The average molecular weight is 1150 g/mol. The molecule has 82 heavy (non-hydrogen) atoms. The molecular weight excluding hydrogens is 1010 g/mol. The van der Waals surface area contributed by atoms with E-state index in [0.717, 1.165) is 77.0 Å². The van der Waals surface area contributed by atoms with Gasteiger partial charge in [-0.3, -0.25) is 14.4 Å². The summed E-state index contributed by atoms with van der Waals surface area (Å²) < 4.78 is 16.9. The smallest absolute Gasteiger partial charge is 0.306 e. The molecule has 0 aromatic carbocycles. The fraction of sp³-hybridized carbons (Fsp3) is 0.803. The van der Waals surface area contributed by atoms with Crippen LogP contribution in [0.3, 0.4) is 0 Å². The number of rotatable bonds is 66. The van der Waals surface area contributed by atoms with Crippen LogP contribution in [0.4, 0.5) is 0 Å². The van der Waals surface area contributed by atoms with Crippen molar-refractivity contribution in [2.24, 2.45) is 0 Å². The van der Waals surface area contributed by atoms with Crippen LogP contribution in [0.1, 0.15) is 374 Å². The summed E-state index contributed by atoms with van der Waals surface area (Å²) in [6.45, 7) is 6.53. The molecule has 6 nitrogen and oxygen atoms in total. The Hall–Kier alpha value is -3.15. The molecule has 1 atom stereocenters. The van der Waals surface area contributed by atoms with Gasteiger partial charge in [0.15, 0.2) is 6.10 Å². The van der Waals surface area contributed by atoms with Gasteiger partial charge < -0.3 is 14.2 Å². The molecule has 1 unspecified atom stereocenters. The molecule has 0 bridgehead atoms. The maximum absolute atomic E-state index is 13.0. The van der Waals surface area contributed by atoms with Crippen molar-refractivity contribution >= 4 is 17.9 Å². The summed E-state index contributed by atoms with van der Waals surface area (Å²) in [6.07, 6.45) is 92.3. The predicted molar refractivity (Wildman–Crippen MR) is 358 cm³/mol. The molecule has 6 heteroatoms. The van der Waals surface area contributed by atoms with Gasteiger partial charge in [-0.05, 0) is 83.5 Å². The fourth-order valence-corrected chi connectivity index (χ4v) is 10.6. The zero-order valence-electron chi connectivity index (χ0n) is 54.8. The van der Waals surface area contributed by atoms with E-state index in [9.17, 15) is 14.4 Å². The molecule has 0 radical (unpaired) electrons. The number of ether oxygens (including phenoxy) is 3. The largest absolute Gasteiger partial charge is 0.462 e. The van der Waals surface area contributed by atoms with Crippen molar-refractivity contribution in [3.63, 3.8) is 0 Å². The summed E-state index contributed by atoms with van der Waals surface area (Å²) >= 11 is 0. The Kier molecular flexibility index (Phi) is 67.6. The van der Waals surface area contributed by atoms with Crippen LogP contribution in [0.5, 0.6) is 0 Å². The van der Waals surface area contributed by atoms with Gasteiger partial charge in [0.2, 0.25) is 0 Å². The van der Waals surface area contributed by atoms with Crippen LogP contribution in [0, 0.1) is 0 Å². The van der Waals surface area contributed by atoms with E-state index in [1.165, 1.54) is 250 Å². The molecule has 476 valence electrons. The monoisotopic (exact) mass is 1150 g/mol. The summed E-state index contributed by atoms with van der Waals surface area (Å²) in [5.41, 5.74) is 0. The predicted octanol–water partition coefficient (Wildman–Crippen LogP) is 24.8. The van der Waals surface area contributed by atoms with Gasteiger partial charge in [-0.25, -0.2) is 0 Å². The first-order valence-corrected chi connectivity index (χ1v) is 35.9. The zero-order chi connectivity index (χ0) is 59.2. The highest BCUT2D eigenvalue weighted by Crippen LogP contribution is 2.18. The number of allylic oxidation sites excluding steroid dienone is 12. The number of carbonyl (C=O) groups excluding carboxylic acids is 3. The van der Waals surface area contributed by atoms with Gasteiger partial charge in [-0.1, -0.05) is 344 Å². The lowest BCUT2D eigenvalue weighted by atomic mass is 10.0. The Morgan fingerprint density at radius 1 is 0.256 bits per heavy atom. The van der Waals surface area contributed by atoms with Crippen molar-refractivity contribution in [3.8, 4) is 0 Å². The first-order chi connectivity index (χ1) is 40.5. The fourth-order valence-electron chi connectivity index (χ4n) is 10.6. The maximum atomic E-state index is 13.0. The van der Waals surface area contributed by atoms with E-state index in [4.69, 9.17) is 14.2 Å². The summed E-state index contributed by atoms with van der Waals surface area (Å²) in [5, 5.41) is 0. The van der Waals surface area contributed by atoms with Crippen molar-refractivity contribution in [3.05, 3.63) is 72.9 Å². The normalized spacial score (nSPS) is 12.5. The van der Waals surface area contributed by atoms with Crippen LogP contribution in [0.2, 0.25) is 0 Å². The zero-order valence-corrected chi connectivity index (χ0v) is 54.8. The number of hydrogen-bond donors (Lipinski definition) is 0. The lowest BCUT2D eigenvalue weighted by molar-refractivity contribution is -0.167. The van der Waals surface area contributed by atoms with Crippen molar-refractivity contribution in [2.75, 3.05) is 13.2 Å². The summed E-state index contributed by atoms with van der Waals surface area (Å²) in [7, 11) is 0. The van der Waals surface area contributed by atoms with Gasteiger partial charge in [0, 0.05) is 19.3 Å². The standard InChI is InChI=1S/C76H136O6/c1-4-7-10-13-16-19-22-25-28-31-33-34-35-36-37-38-39-40-41-43-45-48-51-54-57-60-63-66-69-75(78)81-72-73(71-80-74(77)68-65-62-59-56-53-50-47-44-30-27-24-21-18-15-12-9-6-3)82-76(79)70-67-64-61-58-55-52-49-46-42-32-29-26-23-20-17-14-11-8-5-2/h9,12,18,21,26-27,29-30,47,50,56,59,73H,4-8,10-11,13-17,19-20,22-25,28,31-46,48-49,51-55,57-58,60-72H2,1-3H3/b12-9-,21-18-,29-26-,30-27-,50-47-,59-56-. The SMILES string of the molecule is CC/C=C\C/C=C\C/C=C\C/C=C\C/C=C\CCCC(=O)OCC(COC(=O)CCCCCCCCCCCCCCCCCCCCCCCCCCCCCC)OC(=O)CCCCCCCCCCC/C=C\CCCCCCCC. The Morgan fingerprint density at radius 2 is 0.488 bits per heavy atom. The molecule has 0 aromatic heterocycles. The molecule has 0 rings (SSSR count). The summed E-state index contributed by atoms with van der Waals surface area (Å²) in [4.78, 5) is 38.4. The molecule has 0 saturated carbocycles. The molecule has 0 fully saturated rings. The van der Waals surface area contributed by atoms with Crippen molar-refractivity contribution in [1.29, 1.82) is 0 Å². The van der Waals surface area contributed by atoms with Crippen LogP contribution >= 0.6 is 0 Å². The van der Waals surface area contributed by atoms with Gasteiger partial charge in [-0.2, -0.15) is 0 Å². The van der Waals surface area contributed by atoms with Gasteiger partial charge in [0.25, 0.3) is 0 Å². The third-order valence-corrected chi connectivity index (χ3v) is 15.9. The van der Waals surface area contributed by atoms with Crippen LogP contribution < -0.4 is 0 Å². The van der Waals surface area contributed by atoms with Crippen molar-refractivity contribution in [1.82, 2.24) is 0 Å². The first kappa shape index (κ1) is 78.8. The second-order valence-electron chi connectivity index (χ2n) is 24.1. The van der Waals surface area contributed by atoms with E-state index >= 15 is 0 Å². The second kappa shape index (κ2) is 70.3. The van der Waals surface area contributed by atoms with Crippen LogP contribution in [0.15, 0.2) is 72.9 Å². The molecule has 0 aromatic rings. The van der Waals surface area contributed by atoms with E-state index in [1.807, 2.05) is 0 Å². The van der Waals surface area contributed by atoms with Gasteiger partial charge in [0.05, 0.1) is 0 Å². The Morgan fingerprint density at radius 3 is 0.805 bits per heavy atom. The lowest BCUT2D eigenvalue weighted by Gasteiger charge is -2.18. The Bertz CT molecular complexity index is 1500. The number of carbonyl (C=O) groups is 3. The number of hydrogen-bond acceptors (Lipinski definition) is 6. The topological polar surface area (TPSA) is 78.9 Å². The molecule has 0 aliphatic heterocycles. The maximum Gasteiger partial charge on any atom is 0.306 e. The Balaban J connectivity index is 4.30. The highest BCUT2D eigenvalue weighted by atomic mass is 16.6. The summed E-state index contributed by atoms with van der Waals surface area (Å²) in [6, 6.07) is 0. The first-order valence-electron chi connectivity index (χ1n) is 35.9. The minimum atomic E-state index is -0.800. The third kappa shape index (κ3) is 67.6. The van der Waals surface area contributed by atoms with Crippen molar-refractivity contribution < 1.29 is 28.6 Å². The van der Waals surface area contributed by atoms with Crippen LogP contribution in [0.25, 0.3) is 0 Å². The van der Waals surface area contributed by atoms with E-state index < -0.39 is 6.10 Å². The van der Waals surface area contributed by atoms with Gasteiger partial charge in [-0.15, -0.1) is 0 Å². The highest BCUT2D eigenvalue weighted by molar-refractivity contribution is 5.71. The third-order valence-electron chi connectivity index (χ3n) is 15.9. The molecule has 0 saturated heterocycles. The molecular formula is C76H136O6. The minimum absolute atomic E-state index is 0.0904. The van der Waals surface area contributed by atoms with Crippen molar-refractivity contribution in [2.45, 2.75) is 380 Å². The van der Waals surface area contributed by atoms with E-state index in [0.29, 0.717) is 19.3 Å².